The molecule has 0 aromatic heterocycles. The number of hydrogen-bond donors (Lipinski definition) is 3. The molecule has 22 heavy (non-hydrogen) atoms. The fourth-order valence-corrected chi connectivity index (χ4v) is 3.57. The van der Waals surface area contributed by atoms with E-state index in [0.29, 0.717) is 18.6 Å². The molecule has 0 aliphatic heterocycles. The van der Waals surface area contributed by atoms with Gasteiger partial charge in [-0.05, 0) is 43.2 Å². The van der Waals surface area contributed by atoms with Crippen LogP contribution in [0.3, 0.4) is 0 Å². The molecule has 1 aliphatic carbocycles. The standard InChI is InChI=1S/C15H15I2NO4/c16-15(17)8-9(7-12(18)14(20)21)1-6-13(15)22-11-4-2-10(19)3-5-11/h1-6,12,19H,7-8,18H2,(H,20,21). The molecule has 1 aromatic rings. The lowest BCUT2D eigenvalue weighted by Crippen LogP contribution is -2.32. The minimum Gasteiger partial charge on any atom is -0.508 e. The average molecular weight is 527 g/mol. The highest BCUT2D eigenvalue weighted by Crippen LogP contribution is 2.45. The second kappa shape index (κ2) is 7.18. The predicted molar refractivity (Wildman–Crippen MR) is 101 cm³/mol. The molecule has 0 amide bonds. The summed E-state index contributed by atoms with van der Waals surface area (Å²) in [5, 5.41) is 18.2. The van der Waals surface area contributed by atoms with Gasteiger partial charge < -0.3 is 20.7 Å². The highest BCUT2D eigenvalue weighted by Gasteiger charge is 2.34. The summed E-state index contributed by atoms with van der Waals surface area (Å²) in [6, 6.07) is 5.63. The summed E-state index contributed by atoms with van der Waals surface area (Å²) in [5.41, 5.74) is 6.57. The Morgan fingerprint density at radius 3 is 2.50 bits per heavy atom. The van der Waals surface area contributed by atoms with E-state index in [0.717, 1.165) is 11.3 Å². The van der Waals surface area contributed by atoms with Crippen molar-refractivity contribution in [1.82, 2.24) is 0 Å². The van der Waals surface area contributed by atoms with Gasteiger partial charge in [-0.25, -0.2) is 0 Å². The average Bonchev–Trinajstić information content (AvgIpc) is 2.43. The molecular weight excluding hydrogens is 512 g/mol. The molecule has 0 bridgehead atoms. The summed E-state index contributed by atoms with van der Waals surface area (Å²) < 4.78 is 5.56. The van der Waals surface area contributed by atoms with Crippen molar-refractivity contribution in [2.24, 2.45) is 5.73 Å². The molecule has 7 heteroatoms. The highest BCUT2D eigenvalue weighted by atomic mass is 127. The molecule has 5 nitrogen and oxygen atoms in total. The quantitative estimate of drug-likeness (QED) is 0.404. The number of halogens is 2. The number of benzene rings is 1. The number of ether oxygens (including phenoxy) is 1. The zero-order valence-electron chi connectivity index (χ0n) is 11.5. The van der Waals surface area contributed by atoms with E-state index in [2.05, 4.69) is 45.2 Å². The van der Waals surface area contributed by atoms with Gasteiger partial charge in [0, 0.05) is 0 Å². The van der Waals surface area contributed by atoms with Crippen LogP contribution in [0.4, 0.5) is 0 Å². The molecule has 0 fully saturated rings. The second-order valence-corrected chi connectivity index (χ2v) is 10.7. The molecule has 0 heterocycles. The van der Waals surface area contributed by atoms with Crippen LogP contribution in [0.25, 0.3) is 0 Å². The van der Waals surface area contributed by atoms with Crippen molar-refractivity contribution < 1.29 is 19.7 Å². The monoisotopic (exact) mass is 527 g/mol. The van der Waals surface area contributed by atoms with Crippen LogP contribution in [0.5, 0.6) is 11.5 Å². The van der Waals surface area contributed by atoms with Gasteiger partial charge in [0.25, 0.3) is 0 Å². The molecule has 1 unspecified atom stereocenters. The molecule has 0 saturated heterocycles. The number of hydrogen-bond acceptors (Lipinski definition) is 4. The molecular formula is C15H15I2NO4. The Morgan fingerprint density at radius 1 is 1.32 bits per heavy atom. The van der Waals surface area contributed by atoms with E-state index >= 15 is 0 Å². The number of nitrogens with two attached hydrogens (primary N) is 1. The third-order valence-electron chi connectivity index (χ3n) is 3.14. The number of carboxylic acids is 1. The number of phenolic OH excluding ortho intramolecular Hbond substituents is 1. The lowest BCUT2D eigenvalue weighted by Gasteiger charge is -2.29. The van der Waals surface area contributed by atoms with E-state index in [1.54, 1.807) is 24.3 Å². The molecule has 0 spiro atoms. The lowest BCUT2D eigenvalue weighted by atomic mass is 9.97. The largest absolute Gasteiger partial charge is 0.508 e. The number of rotatable bonds is 5. The van der Waals surface area contributed by atoms with E-state index in [-0.39, 0.29) is 7.18 Å². The van der Waals surface area contributed by atoms with Gasteiger partial charge in [-0.2, -0.15) is 0 Å². The maximum atomic E-state index is 10.9. The van der Waals surface area contributed by atoms with Crippen molar-refractivity contribution >= 4 is 51.2 Å². The Hall–Kier alpha value is -0.810. The maximum Gasteiger partial charge on any atom is 0.320 e. The van der Waals surface area contributed by atoms with Crippen molar-refractivity contribution in [2.75, 3.05) is 0 Å². The highest BCUT2D eigenvalue weighted by molar-refractivity contribution is 14.2. The van der Waals surface area contributed by atoms with Crippen LogP contribution in [-0.4, -0.2) is 23.7 Å². The molecule has 0 radical (unpaired) electrons. The number of aromatic hydroxyl groups is 1. The Balaban J connectivity index is 2.14. The van der Waals surface area contributed by atoms with Crippen LogP contribution < -0.4 is 10.5 Å². The number of carbonyl (C=O) groups is 1. The van der Waals surface area contributed by atoms with E-state index in [9.17, 15) is 9.90 Å². The number of phenols is 1. The summed E-state index contributed by atoms with van der Waals surface area (Å²) in [6.07, 6.45) is 4.71. The maximum absolute atomic E-state index is 10.9. The third kappa shape index (κ3) is 4.59. The first-order valence-electron chi connectivity index (χ1n) is 6.51. The van der Waals surface area contributed by atoms with Gasteiger partial charge in [-0.15, -0.1) is 0 Å². The second-order valence-electron chi connectivity index (χ2n) is 4.98. The molecule has 1 aromatic carbocycles. The Morgan fingerprint density at radius 2 is 1.95 bits per heavy atom. The first kappa shape index (κ1) is 17.5. The van der Waals surface area contributed by atoms with Crippen LogP contribution in [0.2, 0.25) is 0 Å². The van der Waals surface area contributed by atoms with Gasteiger partial charge >= 0.3 is 5.97 Å². The fourth-order valence-electron chi connectivity index (χ4n) is 2.01. The Labute approximate surface area is 155 Å². The number of allylic oxidation sites excluding steroid dienone is 3. The molecule has 4 N–H and O–H groups in total. The van der Waals surface area contributed by atoms with Crippen LogP contribution in [0.15, 0.2) is 47.7 Å². The van der Waals surface area contributed by atoms with Gasteiger partial charge in [-0.3, -0.25) is 4.79 Å². The molecule has 1 atom stereocenters. The summed E-state index contributed by atoms with van der Waals surface area (Å²) >= 11 is 4.56. The predicted octanol–water partition coefficient (Wildman–Crippen LogP) is 3.35. The molecule has 1 aliphatic rings. The van der Waals surface area contributed by atoms with Gasteiger partial charge in [0.05, 0.1) is 0 Å². The van der Waals surface area contributed by atoms with Gasteiger partial charge in [0.2, 0.25) is 0 Å². The number of alkyl halides is 2. The molecule has 0 saturated carbocycles. The van der Waals surface area contributed by atoms with E-state index in [1.165, 1.54) is 0 Å². The van der Waals surface area contributed by atoms with Crippen molar-refractivity contribution in [1.29, 1.82) is 0 Å². The third-order valence-corrected chi connectivity index (χ3v) is 4.97. The fraction of sp³-hybridized carbons (Fsp3) is 0.267. The molecule has 118 valence electrons. The lowest BCUT2D eigenvalue weighted by molar-refractivity contribution is -0.138. The van der Waals surface area contributed by atoms with Crippen LogP contribution >= 0.6 is 45.2 Å². The van der Waals surface area contributed by atoms with E-state index < -0.39 is 12.0 Å². The van der Waals surface area contributed by atoms with E-state index in [1.807, 2.05) is 12.2 Å². The zero-order chi connectivity index (χ0) is 16.3. The van der Waals surface area contributed by atoms with Gasteiger partial charge in [0.1, 0.15) is 24.7 Å². The summed E-state index contributed by atoms with van der Waals surface area (Å²) in [4.78, 5) is 10.9. The van der Waals surface area contributed by atoms with Crippen LogP contribution in [0, 0.1) is 0 Å². The van der Waals surface area contributed by atoms with Crippen molar-refractivity contribution in [2.45, 2.75) is 20.3 Å². The van der Waals surface area contributed by atoms with Gasteiger partial charge in [0.15, 0.2) is 0 Å². The van der Waals surface area contributed by atoms with Crippen molar-refractivity contribution in [3.05, 3.63) is 47.7 Å². The van der Waals surface area contributed by atoms with Crippen LogP contribution in [0.1, 0.15) is 12.8 Å². The summed E-state index contributed by atoms with van der Waals surface area (Å²) in [6.45, 7) is 0. The smallest absolute Gasteiger partial charge is 0.320 e. The Kier molecular flexibility index (Phi) is 5.72. The van der Waals surface area contributed by atoms with Crippen molar-refractivity contribution in [3.8, 4) is 11.5 Å². The summed E-state index contributed by atoms with van der Waals surface area (Å²) in [7, 11) is 0. The van der Waals surface area contributed by atoms with Crippen molar-refractivity contribution in [3.63, 3.8) is 0 Å². The topological polar surface area (TPSA) is 92.8 Å². The SMILES string of the molecule is NC(CC1=CC=C(Oc2ccc(O)cc2)C(I)(I)C1)C(=O)O. The number of carboxylic acid groups (broad SMARTS) is 1. The minimum absolute atomic E-state index is 0.185. The normalized spacial score (nSPS) is 18.1. The number of aliphatic carboxylic acids is 1. The first-order valence-corrected chi connectivity index (χ1v) is 8.67. The summed E-state index contributed by atoms with van der Waals surface area (Å²) in [5.74, 6) is 0.599. The minimum atomic E-state index is -0.997. The Bertz CT molecular complexity index is 623. The van der Waals surface area contributed by atoms with Crippen LogP contribution in [-0.2, 0) is 4.79 Å². The zero-order valence-corrected chi connectivity index (χ0v) is 15.8. The first-order chi connectivity index (χ1) is 10.3. The van der Waals surface area contributed by atoms with E-state index in [4.69, 9.17) is 15.6 Å². The molecule has 2 rings (SSSR count). The van der Waals surface area contributed by atoms with Gasteiger partial charge in [-0.1, -0.05) is 56.8 Å².